The van der Waals surface area contributed by atoms with Crippen molar-refractivity contribution in [1.82, 2.24) is 20.9 Å². The number of benzene rings is 2. The molecule has 0 spiro atoms. The van der Waals surface area contributed by atoms with Crippen LogP contribution in [0, 0.1) is 6.92 Å². The smallest absolute Gasteiger partial charge is 0.339 e. The van der Waals surface area contributed by atoms with E-state index in [1.807, 2.05) is 22.6 Å². The Bertz CT molecular complexity index is 1690. The zero-order chi connectivity index (χ0) is 37.6. The van der Waals surface area contributed by atoms with E-state index >= 15 is 0 Å². The number of hydrogen-bond acceptors (Lipinski definition) is 12. The average Bonchev–Trinajstić information content (AvgIpc) is 3.56. The fourth-order valence-electron chi connectivity index (χ4n) is 4.79. The van der Waals surface area contributed by atoms with Gasteiger partial charge in [-0.05, 0) is 31.9 Å². The van der Waals surface area contributed by atoms with E-state index in [1.165, 1.54) is 40.3 Å². The third-order valence-electron chi connectivity index (χ3n) is 7.44. The summed E-state index contributed by atoms with van der Waals surface area (Å²) in [5, 5.41) is 8.59. The second-order valence-electron chi connectivity index (χ2n) is 11.5. The van der Waals surface area contributed by atoms with E-state index in [0.29, 0.717) is 21.0 Å². The Morgan fingerprint density at radius 3 is 2.02 bits per heavy atom. The van der Waals surface area contributed by atoms with Crippen molar-refractivity contribution in [3.63, 3.8) is 0 Å². The topological polar surface area (TPSA) is 188 Å². The Morgan fingerprint density at radius 1 is 0.863 bits per heavy atom. The standard InChI is InChI=1S/C35H41IN4O10S/c1-21-37-16-29(51-21)33(45)40-28(19-48-5)32(44)39-27(18-47-4)31(43)38-26(15-23-11-7-6-8-12-23)30(42)35(3,20-36)50-34(46)25-14-10-9-13-24(25)17-49-22(2)41/h6-14,16,26-28H,15,17-20H2,1-5H3,(H,38,43)(H,39,44)(H,40,45). The molecule has 4 atom stereocenters. The van der Waals surface area contributed by atoms with Gasteiger partial charge in [0.1, 0.15) is 23.6 Å². The van der Waals surface area contributed by atoms with E-state index in [2.05, 4.69) is 20.9 Å². The summed E-state index contributed by atoms with van der Waals surface area (Å²) in [6.07, 6.45) is 1.42. The zero-order valence-corrected chi connectivity index (χ0v) is 31.8. The number of halogens is 1. The number of aromatic nitrogens is 1. The largest absolute Gasteiger partial charge is 0.461 e. The number of esters is 2. The first-order valence-electron chi connectivity index (χ1n) is 15.7. The number of ketones is 1. The highest BCUT2D eigenvalue weighted by atomic mass is 127. The van der Waals surface area contributed by atoms with Crippen LogP contribution in [0.3, 0.4) is 0 Å². The zero-order valence-electron chi connectivity index (χ0n) is 28.9. The summed E-state index contributed by atoms with van der Waals surface area (Å²) in [5.74, 6) is -3.98. The Kier molecular flexibility index (Phi) is 16.1. The SMILES string of the molecule is COCC(NC(=O)c1cnc(C)s1)C(=O)NC(COC)C(=O)NC(Cc1ccccc1)C(=O)C(C)(CI)OC(=O)c1ccccc1COC(C)=O. The first kappa shape index (κ1) is 41.2. The maximum absolute atomic E-state index is 14.3. The van der Waals surface area contributed by atoms with Crippen molar-refractivity contribution in [3.05, 3.63) is 87.4 Å². The molecule has 0 saturated carbocycles. The summed E-state index contributed by atoms with van der Waals surface area (Å²) >= 11 is 3.09. The molecular weight excluding hydrogens is 795 g/mol. The summed E-state index contributed by atoms with van der Waals surface area (Å²) < 4.78 is 21.3. The molecule has 0 bridgehead atoms. The van der Waals surface area contributed by atoms with Gasteiger partial charge in [0, 0.05) is 31.1 Å². The van der Waals surface area contributed by atoms with Crippen LogP contribution >= 0.6 is 33.9 Å². The molecule has 3 rings (SSSR count). The molecule has 4 unspecified atom stereocenters. The highest BCUT2D eigenvalue weighted by Crippen LogP contribution is 2.23. The lowest BCUT2D eigenvalue weighted by atomic mass is 9.91. The van der Waals surface area contributed by atoms with Crippen molar-refractivity contribution in [2.24, 2.45) is 0 Å². The van der Waals surface area contributed by atoms with Crippen LogP contribution in [0.1, 0.15) is 50.0 Å². The number of carbonyl (C=O) groups excluding carboxylic acids is 6. The molecule has 0 aliphatic heterocycles. The number of alkyl halides is 1. The number of methoxy groups -OCH3 is 2. The fourth-order valence-corrected chi connectivity index (χ4v) is 6.01. The monoisotopic (exact) mass is 836 g/mol. The number of rotatable bonds is 19. The van der Waals surface area contributed by atoms with Gasteiger partial charge < -0.3 is 34.9 Å². The number of ether oxygens (including phenoxy) is 4. The molecule has 1 heterocycles. The van der Waals surface area contributed by atoms with Crippen LogP contribution < -0.4 is 16.0 Å². The molecular formula is C35H41IN4O10S. The Morgan fingerprint density at radius 2 is 1.45 bits per heavy atom. The van der Waals surface area contributed by atoms with Crippen molar-refractivity contribution in [2.75, 3.05) is 31.9 Å². The normalized spacial score (nSPS) is 13.8. The lowest BCUT2D eigenvalue weighted by molar-refractivity contribution is -0.142. The average molecular weight is 837 g/mol. The van der Waals surface area contributed by atoms with Gasteiger partial charge in [0.2, 0.25) is 11.8 Å². The Balaban J connectivity index is 1.85. The lowest BCUT2D eigenvalue weighted by Crippen LogP contribution is -2.60. The van der Waals surface area contributed by atoms with Gasteiger partial charge >= 0.3 is 11.9 Å². The number of nitrogens with one attached hydrogen (secondary N) is 3. The first-order chi connectivity index (χ1) is 24.3. The molecule has 14 nitrogen and oxygen atoms in total. The molecule has 0 radical (unpaired) electrons. The first-order valence-corrected chi connectivity index (χ1v) is 18.1. The van der Waals surface area contributed by atoms with E-state index in [9.17, 15) is 28.8 Å². The maximum Gasteiger partial charge on any atom is 0.339 e. The molecule has 51 heavy (non-hydrogen) atoms. The van der Waals surface area contributed by atoms with Crippen LogP contribution in [0.5, 0.6) is 0 Å². The van der Waals surface area contributed by atoms with Gasteiger partial charge in [0.25, 0.3) is 5.91 Å². The number of Topliss-reactive ketones (excluding diaryl/α,β-unsaturated/α-hetero) is 1. The quantitative estimate of drug-likeness (QED) is 0.0916. The van der Waals surface area contributed by atoms with Crippen LogP contribution in [0.15, 0.2) is 60.8 Å². The maximum atomic E-state index is 14.3. The van der Waals surface area contributed by atoms with Crippen LogP contribution in [0.25, 0.3) is 0 Å². The summed E-state index contributed by atoms with van der Waals surface area (Å²) in [6.45, 7) is 3.80. The van der Waals surface area contributed by atoms with Crippen molar-refractivity contribution >= 4 is 69.4 Å². The van der Waals surface area contributed by atoms with Gasteiger partial charge in [-0.3, -0.25) is 24.0 Å². The second-order valence-corrected chi connectivity index (χ2v) is 13.5. The minimum Gasteiger partial charge on any atom is -0.461 e. The third kappa shape index (κ3) is 12.2. The molecule has 3 aromatic rings. The second kappa shape index (κ2) is 20.0. The summed E-state index contributed by atoms with van der Waals surface area (Å²) in [7, 11) is 2.70. The summed E-state index contributed by atoms with van der Waals surface area (Å²) in [5.41, 5.74) is -0.517. The molecule has 1 aromatic heterocycles. The Hall–Kier alpha value is -4.26. The minimum absolute atomic E-state index is 0.0263. The van der Waals surface area contributed by atoms with Crippen molar-refractivity contribution in [2.45, 2.75) is 57.5 Å². The van der Waals surface area contributed by atoms with Crippen molar-refractivity contribution in [1.29, 1.82) is 0 Å². The van der Waals surface area contributed by atoms with Gasteiger partial charge in [-0.1, -0.05) is 71.1 Å². The summed E-state index contributed by atoms with van der Waals surface area (Å²) in [4.78, 5) is 83.5. The van der Waals surface area contributed by atoms with E-state index < -0.39 is 59.2 Å². The number of thiazole rings is 1. The minimum atomic E-state index is -1.72. The van der Waals surface area contributed by atoms with Gasteiger partial charge in [0.15, 0.2) is 11.4 Å². The van der Waals surface area contributed by atoms with Gasteiger partial charge in [-0.2, -0.15) is 0 Å². The Labute approximate surface area is 313 Å². The molecule has 3 amide bonds. The molecule has 2 aromatic carbocycles. The van der Waals surface area contributed by atoms with Crippen LogP contribution in [-0.4, -0.2) is 96.0 Å². The molecule has 16 heteroatoms. The van der Waals surface area contributed by atoms with Crippen LogP contribution in [-0.2, 0) is 51.2 Å². The third-order valence-corrected chi connectivity index (χ3v) is 9.81. The molecule has 0 fully saturated rings. The van der Waals surface area contributed by atoms with Gasteiger partial charge in [-0.25, -0.2) is 9.78 Å². The summed E-state index contributed by atoms with van der Waals surface area (Å²) in [6, 6.07) is 11.6. The van der Waals surface area contributed by atoms with E-state index in [0.717, 1.165) is 11.3 Å². The van der Waals surface area contributed by atoms with Crippen LogP contribution in [0.2, 0.25) is 0 Å². The molecule has 0 aliphatic rings. The van der Waals surface area contributed by atoms with Crippen molar-refractivity contribution in [3.8, 4) is 0 Å². The number of aryl methyl sites for hydroxylation is 1. The van der Waals surface area contributed by atoms with Gasteiger partial charge in [-0.15, -0.1) is 11.3 Å². The predicted molar refractivity (Wildman–Crippen MR) is 195 cm³/mol. The highest BCUT2D eigenvalue weighted by molar-refractivity contribution is 14.1. The number of amides is 3. The van der Waals surface area contributed by atoms with E-state index in [4.69, 9.17) is 18.9 Å². The molecule has 0 saturated heterocycles. The fraction of sp³-hybridized carbons (Fsp3) is 0.400. The lowest BCUT2D eigenvalue weighted by Gasteiger charge is -2.32. The molecule has 3 N–H and O–H groups in total. The number of nitrogens with zero attached hydrogens (tertiary/aromatic N) is 1. The number of carbonyl (C=O) groups is 6. The number of hydrogen-bond donors (Lipinski definition) is 3. The molecule has 0 aliphatic carbocycles. The molecule has 274 valence electrons. The van der Waals surface area contributed by atoms with Gasteiger partial charge in [0.05, 0.1) is 36.0 Å². The van der Waals surface area contributed by atoms with E-state index in [-0.39, 0.29) is 36.2 Å². The van der Waals surface area contributed by atoms with Crippen molar-refractivity contribution < 1.29 is 47.7 Å². The van der Waals surface area contributed by atoms with Crippen LogP contribution in [0.4, 0.5) is 0 Å². The predicted octanol–water partition coefficient (Wildman–Crippen LogP) is 2.74. The van der Waals surface area contributed by atoms with E-state index in [1.54, 1.807) is 55.5 Å². The highest BCUT2D eigenvalue weighted by Gasteiger charge is 2.42.